The number of ketones is 1. The molecule has 0 radical (unpaired) electrons. The quantitative estimate of drug-likeness (QED) is 0.634. The van der Waals surface area contributed by atoms with Crippen molar-refractivity contribution in [1.82, 2.24) is 4.57 Å². The van der Waals surface area contributed by atoms with Crippen molar-refractivity contribution in [3.63, 3.8) is 0 Å². The molecule has 0 fully saturated rings. The van der Waals surface area contributed by atoms with Crippen LogP contribution in [0.1, 0.15) is 52.1 Å². The van der Waals surface area contributed by atoms with Gasteiger partial charge in [0.2, 0.25) is 5.91 Å². The molecule has 0 aliphatic heterocycles. The number of benzene rings is 1. The number of carbonyl (C=O) groups is 3. The lowest BCUT2D eigenvalue weighted by Crippen LogP contribution is -2.18. The van der Waals surface area contributed by atoms with Gasteiger partial charge in [0.05, 0.1) is 6.61 Å². The molecule has 0 atom stereocenters. The standard InChI is InChI=1S/C18H18FNO4/c1-5-24-18(23)17-16(13-6-8-14(19)9-7-13)15(11(3)21)10(2)20(17)12(4)22/h6-9H,5H2,1-4H3. The van der Waals surface area contributed by atoms with Gasteiger partial charge >= 0.3 is 5.97 Å². The maximum Gasteiger partial charge on any atom is 0.356 e. The molecule has 0 amide bonds. The maximum absolute atomic E-state index is 13.2. The Morgan fingerprint density at radius 1 is 1.12 bits per heavy atom. The minimum Gasteiger partial charge on any atom is -0.461 e. The fourth-order valence-corrected chi connectivity index (χ4v) is 2.81. The first kappa shape index (κ1) is 17.6. The molecule has 0 saturated heterocycles. The second kappa shape index (κ2) is 6.78. The van der Waals surface area contributed by atoms with E-state index in [2.05, 4.69) is 0 Å². The van der Waals surface area contributed by atoms with Crippen LogP contribution in [-0.2, 0) is 4.74 Å². The molecule has 0 unspecified atom stereocenters. The van der Waals surface area contributed by atoms with Gasteiger partial charge in [-0.1, -0.05) is 12.1 Å². The first-order valence-corrected chi connectivity index (χ1v) is 7.49. The van der Waals surface area contributed by atoms with E-state index in [1.165, 1.54) is 42.7 Å². The summed E-state index contributed by atoms with van der Waals surface area (Å²) in [6.07, 6.45) is 0. The molecule has 1 heterocycles. The van der Waals surface area contributed by atoms with Crippen LogP contribution in [0.3, 0.4) is 0 Å². The summed E-state index contributed by atoms with van der Waals surface area (Å²) in [4.78, 5) is 36.6. The van der Waals surface area contributed by atoms with Gasteiger partial charge in [-0.15, -0.1) is 0 Å². The minimum absolute atomic E-state index is 0.0151. The van der Waals surface area contributed by atoms with E-state index >= 15 is 0 Å². The molecule has 1 aromatic carbocycles. The lowest BCUT2D eigenvalue weighted by molar-refractivity contribution is 0.0509. The van der Waals surface area contributed by atoms with Crippen molar-refractivity contribution in [2.75, 3.05) is 6.61 Å². The molecule has 2 aromatic rings. The van der Waals surface area contributed by atoms with Crippen molar-refractivity contribution in [3.05, 3.63) is 47.0 Å². The fourth-order valence-electron chi connectivity index (χ4n) is 2.81. The number of esters is 1. The van der Waals surface area contributed by atoms with Crippen LogP contribution in [0.25, 0.3) is 11.1 Å². The third-order valence-electron chi connectivity index (χ3n) is 3.68. The summed E-state index contributed by atoms with van der Waals surface area (Å²) in [7, 11) is 0. The Labute approximate surface area is 139 Å². The normalized spacial score (nSPS) is 10.5. The molecule has 0 saturated carbocycles. The summed E-state index contributed by atoms with van der Waals surface area (Å²) in [6, 6.07) is 5.39. The van der Waals surface area contributed by atoms with Gasteiger partial charge in [-0.2, -0.15) is 0 Å². The average Bonchev–Trinajstić information content (AvgIpc) is 2.81. The van der Waals surface area contributed by atoms with Gasteiger partial charge in [-0.05, 0) is 38.5 Å². The Hall–Kier alpha value is -2.76. The van der Waals surface area contributed by atoms with Crippen LogP contribution in [0, 0.1) is 12.7 Å². The minimum atomic E-state index is -0.706. The Morgan fingerprint density at radius 3 is 2.17 bits per heavy atom. The summed E-state index contributed by atoms with van der Waals surface area (Å²) >= 11 is 0. The first-order valence-electron chi connectivity index (χ1n) is 7.49. The summed E-state index contributed by atoms with van der Waals surface area (Å²) in [6.45, 7) is 6.02. The third-order valence-corrected chi connectivity index (χ3v) is 3.68. The molecule has 0 spiro atoms. The predicted octanol–water partition coefficient (Wildman–Crippen LogP) is 3.64. The number of aromatic nitrogens is 1. The van der Waals surface area contributed by atoms with E-state index in [4.69, 9.17) is 4.74 Å². The van der Waals surface area contributed by atoms with Crippen LogP contribution < -0.4 is 0 Å². The van der Waals surface area contributed by atoms with Crippen LogP contribution >= 0.6 is 0 Å². The van der Waals surface area contributed by atoms with Gasteiger partial charge in [0.15, 0.2) is 5.78 Å². The number of halogens is 1. The molecule has 0 bridgehead atoms. The molecule has 1 aromatic heterocycles. The van der Waals surface area contributed by atoms with Crippen LogP contribution in [0.5, 0.6) is 0 Å². The van der Waals surface area contributed by atoms with Crippen molar-refractivity contribution in [1.29, 1.82) is 0 Å². The van der Waals surface area contributed by atoms with E-state index in [-0.39, 0.29) is 29.2 Å². The van der Waals surface area contributed by atoms with Crippen molar-refractivity contribution >= 4 is 17.7 Å². The summed E-state index contributed by atoms with van der Waals surface area (Å²) < 4.78 is 19.5. The molecule has 126 valence electrons. The van der Waals surface area contributed by atoms with E-state index < -0.39 is 17.7 Å². The van der Waals surface area contributed by atoms with Gasteiger partial charge in [-0.25, -0.2) is 9.18 Å². The second-order valence-electron chi connectivity index (χ2n) is 5.32. The highest BCUT2D eigenvalue weighted by atomic mass is 19.1. The lowest BCUT2D eigenvalue weighted by Gasteiger charge is -2.09. The van der Waals surface area contributed by atoms with Gasteiger partial charge in [0, 0.05) is 23.7 Å². The lowest BCUT2D eigenvalue weighted by atomic mass is 9.98. The van der Waals surface area contributed by atoms with Crippen LogP contribution in [0.4, 0.5) is 4.39 Å². The van der Waals surface area contributed by atoms with Crippen LogP contribution in [0.15, 0.2) is 24.3 Å². The number of carbonyl (C=O) groups excluding carboxylic acids is 3. The largest absolute Gasteiger partial charge is 0.461 e. The third kappa shape index (κ3) is 2.99. The zero-order chi connectivity index (χ0) is 18.0. The number of ether oxygens (including phenoxy) is 1. The zero-order valence-electron chi connectivity index (χ0n) is 14.0. The highest BCUT2D eigenvalue weighted by molar-refractivity contribution is 6.10. The van der Waals surface area contributed by atoms with E-state index in [9.17, 15) is 18.8 Å². The molecule has 0 N–H and O–H groups in total. The van der Waals surface area contributed by atoms with Gasteiger partial charge in [-0.3, -0.25) is 14.2 Å². The molecule has 6 heteroatoms. The first-order chi connectivity index (χ1) is 11.3. The molecule has 24 heavy (non-hydrogen) atoms. The highest BCUT2D eigenvalue weighted by Gasteiger charge is 2.30. The molecule has 2 rings (SSSR count). The van der Waals surface area contributed by atoms with Crippen molar-refractivity contribution < 1.29 is 23.5 Å². The molecular formula is C18H18FNO4. The SMILES string of the molecule is CCOC(=O)c1c(-c2ccc(F)cc2)c(C(C)=O)c(C)n1C(C)=O. The van der Waals surface area contributed by atoms with Crippen molar-refractivity contribution in [2.45, 2.75) is 27.7 Å². The van der Waals surface area contributed by atoms with E-state index in [1.54, 1.807) is 13.8 Å². The second-order valence-corrected chi connectivity index (χ2v) is 5.32. The topological polar surface area (TPSA) is 65.4 Å². The van der Waals surface area contributed by atoms with E-state index in [0.29, 0.717) is 11.3 Å². The van der Waals surface area contributed by atoms with Gasteiger partial charge < -0.3 is 4.74 Å². The molecule has 5 nitrogen and oxygen atoms in total. The van der Waals surface area contributed by atoms with E-state index in [1.807, 2.05) is 0 Å². The van der Waals surface area contributed by atoms with Crippen LogP contribution in [-0.4, -0.2) is 28.8 Å². The Balaban J connectivity index is 2.90. The summed E-state index contributed by atoms with van der Waals surface area (Å²) in [5, 5.41) is 0. The number of hydrogen-bond donors (Lipinski definition) is 0. The number of nitrogens with zero attached hydrogens (tertiary/aromatic N) is 1. The van der Waals surface area contributed by atoms with Crippen LogP contribution in [0.2, 0.25) is 0 Å². The average molecular weight is 331 g/mol. The fraction of sp³-hybridized carbons (Fsp3) is 0.278. The maximum atomic E-state index is 13.2. The predicted molar refractivity (Wildman–Crippen MR) is 86.8 cm³/mol. The smallest absolute Gasteiger partial charge is 0.356 e. The summed E-state index contributed by atoms with van der Waals surface area (Å²) in [5.74, 6) is -1.85. The monoisotopic (exact) mass is 331 g/mol. The van der Waals surface area contributed by atoms with Gasteiger partial charge in [0.1, 0.15) is 11.5 Å². The zero-order valence-corrected chi connectivity index (χ0v) is 14.0. The molecule has 0 aliphatic rings. The Kier molecular flexibility index (Phi) is 4.97. The Morgan fingerprint density at radius 2 is 1.71 bits per heavy atom. The number of Topliss-reactive ketones (excluding diaryl/α,β-unsaturated/α-hetero) is 1. The summed E-state index contributed by atoms with van der Waals surface area (Å²) in [5.41, 5.74) is 1.34. The van der Waals surface area contributed by atoms with Crippen molar-refractivity contribution in [3.8, 4) is 11.1 Å². The van der Waals surface area contributed by atoms with Gasteiger partial charge in [0.25, 0.3) is 0 Å². The Bertz CT molecular complexity index is 819. The number of hydrogen-bond acceptors (Lipinski definition) is 4. The van der Waals surface area contributed by atoms with Crippen molar-refractivity contribution in [2.24, 2.45) is 0 Å². The van der Waals surface area contributed by atoms with E-state index in [0.717, 1.165) is 0 Å². The molecular weight excluding hydrogens is 313 g/mol. The number of rotatable bonds is 4. The molecule has 0 aliphatic carbocycles. The highest BCUT2D eigenvalue weighted by Crippen LogP contribution is 2.34.